The highest BCUT2D eigenvalue weighted by Gasteiger charge is 2.21. The molecule has 0 radical (unpaired) electrons. The second-order valence-corrected chi connectivity index (χ2v) is 6.56. The molecule has 0 saturated carbocycles. The molecular formula is C16H21N5O2S. The van der Waals surface area contributed by atoms with Gasteiger partial charge in [0, 0.05) is 39.3 Å². The van der Waals surface area contributed by atoms with Crippen molar-refractivity contribution in [1.82, 2.24) is 24.9 Å². The molecule has 128 valence electrons. The molecular weight excluding hydrogens is 326 g/mol. The smallest absolute Gasteiger partial charge is 0.233 e. The van der Waals surface area contributed by atoms with Crippen LogP contribution in [0.1, 0.15) is 12.8 Å². The largest absolute Gasteiger partial charge is 0.339 e. The lowest BCUT2D eigenvalue weighted by Crippen LogP contribution is -2.49. The maximum Gasteiger partial charge on any atom is 0.233 e. The normalized spacial score (nSPS) is 15.7. The Morgan fingerprint density at radius 3 is 2.79 bits per heavy atom. The molecule has 3 rings (SSSR count). The summed E-state index contributed by atoms with van der Waals surface area (Å²) in [6.45, 7) is 8.43. The van der Waals surface area contributed by atoms with Crippen LogP contribution in [0.4, 0.5) is 0 Å². The Morgan fingerprint density at radius 2 is 2.12 bits per heavy atom. The van der Waals surface area contributed by atoms with E-state index in [1.165, 1.54) is 11.8 Å². The second kappa shape index (κ2) is 7.76. The zero-order chi connectivity index (χ0) is 16.9. The predicted molar refractivity (Wildman–Crippen MR) is 91.7 cm³/mol. The number of aryl methyl sites for hydroxylation is 1. The van der Waals surface area contributed by atoms with E-state index >= 15 is 0 Å². The van der Waals surface area contributed by atoms with E-state index in [9.17, 15) is 4.79 Å². The van der Waals surface area contributed by atoms with Crippen molar-refractivity contribution < 1.29 is 9.32 Å². The molecule has 0 bridgehead atoms. The molecule has 0 aromatic carbocycles. The molecule has 3 heterocycles. The van der Waals surface area contributed by atoms with Gasteiger partial charge in [-0.05, 0) is 18.7 Å². The van der Waals surface area contributed by atoms with Gasteiger partial charge in [-0.25, -0.2) is 4.98 Å². The van der Waals surface area contributed by atoms with Crippen LogP contribution in [0.5, 0.6) is 0 Å². The highest BCUT2D eigenvalue weighted by molar-refractivity contribution is 8.00. The summed E-state index contributed by atoms with van der Waals surface area (Å²) in [6.07, 6.45) is 1.71. The van der Waals surface area contributed by atoms with E-state index in [0.29, 0.717) is 17.5 Å². The lowest BCUT2D eigenvalue weighted by Gasteiger charge is -2.34. The summed E-state index contributed by atoms with van der Waals surface area (Å²) in [6, 6.07) is 3.72. The van der Waals surface area contributed by atoms with Crippen molar-refractivity contribution in [2.45, 2.75) is 18.9 Å². The first-order chi connectivity index (χ1) is 11.7. The van der Waals surface area contributed by atoms with Crippen LogP contribution in [0.25, 0.3) is 11.4 Å². The summed E-state index contributed by atoms with van der Waals surface area (Å²) >= 11 is 1.42. The number of pyridine rings is 1. The molecule has 0 atom stereocenters. The molecule has 0 spiro atoms. The Bertz CT molecular complexity index is 697. The molecule has 0 N–H and O–H groups in total. The number of aromatic nitrogens is 3. The highest BCUT2D eigenvalue weighted by atomic mass is 32.2. The van der Waals surface area contributed by atoms with Crippen molar-refractivity contribution in [2.24, 2.45) is 0 Å². The van der Waals surface area contributed by atoms with Crippen LogP contribution >= 0.6 is 11.8 Å². The molecule has 0 aliphatic carbocycles. The van der Waals surface area contributed by atoms with Gasteiger partial charge in [-0.2, -0.15) is 4.98 Å². The number of amides is 1. The Hall–Kier alpha value is -1.93. The number of hydrogen-bond acceptors (Lipinski definition) is 7. The van der Waals surface area contributed by atoms with Gasteiger partial charge < -0.3 is 14.3 Å². The average molecular weight is 347 g/mol. The predicted octanol–water partition coefficient (Wildman–Crippen LogP) is 1.70. The van der Waals surface area contributed by atoms with E-state index in [1.54, 1.807) is 13.1 Å². The van der Waals surface area contributed by atoms with Gasteiger partial charge in [-0.15, -0.1) is 0 Å². The summed E-state index contributed by atoms with van der Waals surface area (Å²) in [4.78, 5) is 25.3. The van der Waals surface area contributed by atoms with E-state index in [0.717, 1.165) is 43.3 Å². The van der Waals surface area contributed by atoms with Crippen LogP contribution in [0.15, 0.2) is 27.9 Å². The number of carbonyl (C=O) groups excluding carboxylic acids is 1. The Morgan fingerprint density at radius 1 is 1.33 bits per heavy atom. The summed E-state index contributed by atoms with van der Waals surface area (Å²) in [7, 11) is 0. The maximum absolute atomic E-state index is 12.4. The average Bonchev–Trinajstić information content (AvgIpc) is 3.06. The fraction of sp³-hybridized carbons (Fsp3) is 0.500. The molecule has 0 unspecified atom stereocenters. The molecule has 24 heavy (non-hydrogen) atoms. The summed E-state index contributed by atoms with van der Waals surface area (Å²) in [5.41, 5.74) is 0.794. The number of thioether (sulfide) groups is 1. The van der Waals surface area contributed by atoms with Crippen LogP contribution in [0.3, 0.4) is 0 Å². The van der Waals surface area contributed by atoms with Gasteiger partial charge in [-0.3, -0.25) is 4.79 Å². The Balaban J connectivity index is 1.62. The topological polar surface area (TPSA) is 75.4 Å². The molecule has 2 aromatic heterocycles. The zero-order valence-electron chi connectivity index (χ0n) is 13.9. The van der Waals surface area contributed by atoms with Gasteiger partial charge in [0.05, 0.1) is 11.3 Å². The summed E-state index contributed by atoms with van der Waals surface area (Å²) in [5.74, 6) is 1.53. The minimum absolute atomic E-state index is 0.150. The molecule has 1 aliphatic heterocycles. The van der Waals surface area contributed by atoms with Crippen molar-refractivity contribution in [1.29, 1.82) is 0 Å². The highest BCUT2D eigenvalue weighted by Crippen LogP contribution is 2.27. The van der Waals surface area contributed by atoms with E-state index in [1.807, 2.05) is 17.0 Å². The maximum atomic E-state index is 12.4. The molecule has 2 aromatic rings. The third kappa shape index (κ3) is 3.93. The number of nitrogens with zero attached hydrogens (tertiary/aromatic N) is 5. The van der Waals surface area contributed by atoms with Crippen molar-refractivity contribution in [3.8, 4) is 11.4 Å². The Kier molecular flexibility index (Phi) is 5.47. The minimum atomic E-state index is 0.150. The van der Waals surface area contributed by atoms with E-state index in [4.69, 9.17) is 4.52 Å². The number of carbonyl (C=O) groups is 1. The van der Waals surface area contributed by atoms with Crippen molar-refractivity contribution in [3.05, 3.63) is 24.2 Å². The number of rotatable bonds is 5. The molecule has 8 heteroatoms. The second-order valence-electron chi connectivity index (χ2n) is 5.60. The Labute approximate surface area is 145 Å². The molecule has 1 amide bonds. The molecule has 7 nitrogen and oxygen atoms in total. The first-order valence-electron chi connectivity index (χ1n) is 8.06. The van der Waals surface area contributed by atoms with Gasteiger partial charge in [0.1, 0.15) is 5.03 Å². The van der Waals surface area contributed by atoms with Crippen LogP contribution < -0.4 is 0 Å². The van der Waals surface area contributed by atoms with Crippen molar-refractivity contribution >= 4 is 17.7 Å². The zero-order valence-corrected chi connectivity index (χ0v) is 14.8. The fourth-order valence-corrected chi connectivity index (χ4v) is 3.51. The number of hydrogen-bond donors (Lipinski definition) is 0. The number of piperazine rings is 1. The van der Waals surface area contributed by atoms with Crippen LogP contribution in [0, 0.1) is 6.92 Å². The summed E-state index contributed by atoms with van der Waals surface area (Å²) in [5, 5.41) is 4.69. The molecule has 1 saturated heterocycles. The van der Waals surface area contributed by atoms with E-state index < -0.39 is 0 Å². The lowest BCUT2D eigenvalue weighted by atomic mass is 10.3. The van der Waals surface area contributed by atoms with E-state index in [2.05, 4.69) is 26.9 Å². The van der Waals surface area contributed by atoms with Gasteiger partial charge in [-0.1, -0.05) is 23.8 Å². The SMILES string of the molecule is CCN1CCN(C(=O)CSc2ncccc2-c2noc(C)n2)CC1. The van der Waals surface area contributed by atoms with Crippen LogP contribution in [0.2, 0.25) is 0 Å². The first kappa shape index (κ1) is 16.9. The monoisotopic (exact) mass is 347 g/mol. The van der Waals surface area contributed by atoms with E-state index in [-0.39, 0.29) is 5.91 Å². The fourth-order valence-electron chi connectivity index (χ4n) is 2.62. The first-order valence-corrected chi connectivity index (χ1v) is 9.04. The minimum Gasteiger partial charge on any atom is -0.339 e. The van der Waals surface area contributed by atoms with Crippen molar-refractivity contribution in [3.63, 3.8) is 0 Å². The standard InChI is InChI=1S/C16H21N5O2S/c1-3-20-7-9-21(10-8-20)14(22)11-24-16-13(5-4-6-17-16)15-18-12(2)23-19-15/h4-6H,3,7-11H2,1-2H3. The molecule has 1 aliphatic rings. The van der Waals surface area contributed by atoms with Crippen LogP contribution in [-0.4, -0.2) is 69.3 Å². The van der Waals surface area contributed by atoms with Gasteiger partial charge in [0.25, 0.3) is 0 Å². The lowest BCUT2D eigenvalue weighted by molar-refractivity contribution is -0.130. The van der Waals surface area contributed by atoms with Gasteiger partial charge in [0.2, 0.25) is 17.6 Å². The van der Waals surface area contributed by atoms with Gasteiger partial charge >= 0.3 is 0 Å². The van der Waals surface area contributed by atoms with Crippen molar-refractivity contribution in [2.75, 3.05) is 38.5 Å². The van der Waals surface area contributed by atoms with Crippen LogP contribution in [-0.2, 0) is 4.79 Å². The van der Waals surface area contributed by atoms with Gasteiger partial charge in [0.15, 0.2) is 0 Å². The summed E-state index contributed by atoms with van der Waals surface area (Å²) < 4.78 is 5.04. The third-order valence-electron chi connectivity index (χ3n) is 4.04. The molecule has 1 fully saturated rings. The quantitative estimate of drug-likeness (QED) is 0.762. The third-order valence-corrected chi connectivity index (χ3v) is 5.03. The number of likely N-dealkylation sites (N-methyl/N-ethyl adjacent to an activating group) is 1.